The van der Waals surface area contributed by atoms with Crippen molar-refractivity contribution in [3.8, 4) is 0 Å². The third-order valence-electron chi connectivity index (χ3n) is 3.92. The number of hydrogen-bond donors (Lipinski definition) is 1. The van der Waals surface area contributed by atoms with Crippen LogP contribution in [-0.2, 0) is 19.9 Å². The molecule has 8 heteroatoms. The molecule has 2 rings (SSSR count). The molecule has 2 aliphatic heterocycles. The topological polar surface area (TPSA) is 97.5 Å². The van der Waals surface area contributed by atoms with Crippen molar-refractivity contribution >= 4 is 19.9 Å². The molecule has 0 aliphatic carbocycles. The molecule has 0 radical (unpaired) electrons. The van der Waals surface area contributed by atoms with E-state index in [0.717, 1.165) is 0 Å². The quantitative estimate of drug-likeness (QED) is 0.717. The molecule has 106 valence electrons. The normalized spacial score (nSPS) is 34.8. The molecule has 6 nitrogen and oxygen atoms in total. The maximum absolute atomic E-state index is 12.4. The van der Waals surface area contributed by atoms with E-state index < -0.39 is 25.1 Å². The number of hydrogen-bond acceptors (Lipinski definition) is 5. The number of sulfonamides is 1. The predicted molar refractivity (Wildman–Crippen MR) is 69.3 cm³/mol. The molecule has 0 aromatic heterocycles. The molecular weight excluding hydrogens is 276 g/mol. The zero-order chi connectivity index (χ0) is 13.6. The van der Waals surface area contributed by atoms with Gasteiger partial charge in [0, 0.05) is 19.1 Å². The maximum atomic E-state index is 12.4. The molecule has 2 heterocycles. The third-order valence-corrected chi connectivity index (χ3v) is 7.97. The van der Waals surface area contributed by atoms with Gasteiger partial charge >= 0.3 is 0 Å². The van der Waals surface area contributed by atoms with Crippen LogP contribution in [0.1, 0.15) is 19.8 Å². The van der Waals surface area contributed by atoms with Crippen molar-refractivity contribution in [2.24, 2.45) is 11.7 Å². The second kappa shape index (κ2) is 4.73. The Morgan fingerprint density at radius 2 is 1.72 bits per heavy atom. The number of sulfone groups is 1. The van der Waals surface area contributed by atoms with Crippen LogP contribution in [0.4, 0.5) is 0 Å². The fourth-order valence-electron chi connectivity index (χ4n) is 2.53. The van der Waals surface area contributed by atoms with Crippen LogP contribution in [0.15, 0.2) is 0 Å². The molecular formula is C10H20N2O4S2. The van der Waals surface area contributed by atoms with Crippen LogP contribution in [0.25, 0.3) is 0 Å². The van der Waals surface area contributed by atoms with Gasteiger partial charge in [0.15, 0.2) is 0 Å². The van der Waals surface area contributed by atoms with Gasteiger partial charge in [-0.2, -0.15) is 4.31 Å². The Bertz CT molecular complexity index is 490. The molecule has 2 aliphatic rings. The van der Waals surface area contributed by atoms with E-state index in [2.05, 4.69) is 0 Å². The van der Waals surface area contributed by atoms with E-state index in [4.69, 9.17) is 5.73 Å². The molecule has 0 spiro atoms. The van der Waals surface area contributed by atoms with Gasteiger partial charge < -0.3 is 5.73 Å². The van der Waals surface area contributed by atoms with Gasteiger partial charge in [0.1, 0.15) is 9.84 Å². The van der Waals surface area contributed by atoms with Gasteiger partial charge in [-0.3, -0.25) is 0 Å². The van der Waals surface area contributed by atoms with E-state index >= 15 is 0 Å². The van der Waals surface area contributed by atoms with Gasteiger partial charge in [0.2, 0.25) is 10.0 Å². The van der Waals surface area contributed by atoms with Gasteiger partial charge in [-0.05, 0) is 18.8 Å². The van der Waals surface area contributed by atoms with E-state index in [-0.39, 0.29) is 36.3 Å². The Hall–Kier alpha value is -0.180. The standard InChI is InChI=1S/C10H20N2O4S2/c1-8-6-12(7-10(8)11)18(15,16)9-2-4-17(13,14)5-3-9/h8-10H,2-7,11H2,1H3. The van der Waals surface area contributed by atoms with Gasteiger partial charge in [-0.15, -0.1) is 0 Å². The fraction of sp³-hybridized carbons (Fsp3) is 1.00. The first-order valence-electron chi connectivity index (χ1n) is 6.17. The summed E-state index contributed by atoms with van der Waals surface area (Å²) in [4.78, 5) is 0. The minimum absolute atomic E-state index is 0.0215. The summed E-state index contributed by atoms with van der Waals surface area (Å²) >= 11 is 0. The summed E-state index contributed by atoms with van der Waals surface area (Å²) in [6.07, 6.45) is 0.426. The molecule has 0 aromatic carbocycles. The Labute approximate surface area is 108 Å². The molecule has 0 amide bonds. The second-order valence-electron chi connectivity index (χ2n) is 5.35. The van der Waals surface area contributed by atoms with Crippen LogP contribution in [0.5, 0.6) is 0 Å². The summed E-state index contributed by atoms with van der Waals surface area (Å²) in [5, 5.41) is -0.557. The minimum atomic E-state index is -3.39. The molecule has 2 fully saturated rings. The van der Waals surface area contributed by atoms with Crippen molar-refractivity contribution in [1.29, 1.82) is 0 Å². The third kappa shape index (κ3) is 2.71. The summed E-state index contributed by atoms with van der Waals surface area (Å²) in [6.45, 7) is 2.74. The summed E-state index contributed by atoms with van der Waals surface area (Å²) in [5.41, 5.74) is 5.84. The van der Waals surface area contributed by atoms with E-state index in [1.807, 2.05) is 6.92 Å². The van der Waals surface area contributed by atoms with Crippen LogP contribution in [-0.4, -0.2) is 57.0 Å². The minimum Gasteiger partial charge on any atom is -0.326 e. The van der Waals surface area contributed by atoms with Crippen LogP contribution in [0.2, 0.25) is 0 Å². The summed E-state index contributed by atoms with van der Waals surface area (Å²) < 4.78 is 48.8. The first-order chi connectivity index (χ1) is 8.22. The van der Waals surface area contributed by atoms with Crippen LogP contribution >= 0.6 is 0 Å². The van der Waals surface area contributed by atoms with Crippen molar-refractivity contribution in [2.75, 3.05) is 24.6 Å². The largest absolute Gasteiger partial charge is 0.326 e. The smallest absolute Gasteiger partial charge is 0.217 e. The molecule has 2 atom stereocenters. The number of nitrogens with zero attached hydrogens (tertiary/aromatic N) is 1. The van der Waals surface area contributed by atoms with Crippen molar-refractivity contribution in [3.63, 3.8) is 0 Å². The SMILES string of the molecule is CC1CN(S(=O)(=O)C2CCS(=O)(=O)CC2)CC1N. The molecule has 0 bridgehead atoms. The van der Waals surface area contributed by atoms with E-state index in [1.54, 1.807) is 0 Å². The van der Waals surface area contributed by atoms with E-state index in [9.17, 15) is 16.8 Å². The average molecular weight is 296 g/mol. The highest BCUT2D eigenvalue weighted by molar-refractivity contribution is 7.92. The molecule has 0 aromatic rings. The van der Waals surface area contributed by atoms with Gasteiger partial charge in [0.05, 0.1) is 16.8 Å². The molecule has 2 unspecified atom stereocenters. The summed E-state index contributed by atoms with van der Waals surface area (Å²) in [5.74, 6) is 0.116. The van der Waals surface area contributed by atoms with Crippen molar-refractivity contribution in [1.82, 2.24) is 4.31 Å². The lowest BCUT2D eigenvalue weighted by molar-refractivity contribution is 0.447. The Balaban J connectivity index is 2.09. The molecule has 2 N–H and O–H groups in total. The molecule has 18 heavy (non-hydrogen) atoms. The fourth-order valence-corrected chi connectivity index (χ4v) is 6.40. The predicted octanol–water partition coefficient (Wildman–Crippen LogP) is -0.828. The highest BCUT2D eigenvalue weighted by atomic mass is 32.2. The lowest BCUT2D eigenvalue weighted by Gasteiger charge is -2.26. The van der Waals surface area contributed by atoms with Gasteiger partial charge in [0.25, 0.3) is 0 Å². The van der Waals surface area contributed by atoms with Crippen molar-refractivity contribution < 1.29 is 16.8 Å². The van der Waals surface area contributed by atoms with Crippen molar-refractivity contribution in [3.05, 3.63) is 0 Å². The maximum Gasteiger partial charge on any atom is 0.217 e. The first kappa shape index (κ1) is 14.2. The second-order valence-corrected chi connectivity index (χ2v) is 9.87. The Kier molecular flexibility index (Phi) is 3.74. The van der Waals surface area contributed by atoms with Gasteiger partial charge in [-0.25, -0.2) is 16.8 Å². The highest BCUT2D eigenvalue weighted by Gasteiger charge is 2.41. The average Bonchev–Trinajstić information content (AvgIpc) is 2.59. The lowest BCUT2D eigenvalue weighted by atomic mass is 10.1. The lowest BCUT2D eigenvalue weighted by Crippen LogP contribution is -2.42. The summed E-state index contributed by atoms with van der Waals surface area (Å²) in [6, 6.07) is -0.118. The van der Waals surface area contributed by atoms with Crippen molar-refractivity contribution in [2.45, 2.75) is 31.1 Å². The van der Waals surface area contributed by atoms with Crippen LogP contribution in [0.3, 0.4) is 0 Å². The summed E-state index contributed by atoms with van der Waals surface area (Å²) in [7, 11) is -6.42. The Morgan fingerprint density at radius 1 is 1.17 bits per heavy atom. The number of nitrogens with two attached hydrogens (primary N) is 1. The monoisotopic (exact) mass is 296 g/mol. The highest BCUT2D eigenvalue weighted by Crippen LogP contribution is 2.26. The van der Waals surface area contributed by atoms with E-state index in [0.29, 0.717) is 13.1 Å². The Morgan fingerprint density at radius 3 is 2.17 bits per heavy atom. The zero-order valence-electron chi connectivity index (χ0n) is 10.4. The van der Waals surface area contributed by atoms with E-state index in [1.165, 1.54) is 4.31 Å². The molecule has 2 saturated heterocycles. The molecule has 0 saturated carbocycles. The van der Waals surface area contributed by atoms with Crippen LogP contribution < -0.4 is 5.73 Å². The number of rotatable bonds is 2. The first-order valence-corrected chi connectivity index (χ1v) is 9.50. The van der Waals surface area contributed by atoms with Crippen LogP contribution in [0, 0.1) is 5.92 Å². The van der Waals surface area contributed by atoms with Gasteiger partial charge in [-0.1, -0.05) is 6.92 Å². The zero-order valence-corrected chi connectivity index (χ0v) is 12.1.